The molecule has 2 aliphatic carbocycles. The highest BCUT2D eigenvalue weighted by Gasteiger charge is 2.64. The average Bonchev–Trinajstić information content (AvgIpc) is 3.13. The van der Waals surface area contributed by atoms with E-state index in [1.54, 1.807) is 24.0 Å². The largest absolute Gasteiger partial charge is 0.466 e. The van der Waals surface area contributed by atoms with Gasteiger partial charge in [0.2, 0.25) is 0 Å². The Labute approximate surface area is 159 Å². The second-order valence-electron chi connectivity index (χ2n) is 8.40. The topological polar surface area (TPSA) is 55.8 Å². The van der Waals surface area contributed by atoms with Gasteiger partial charge in [0.1, 0.15) is 11.4 Å². The number of fused-ring (bicyclic) bond motifs is 1. The monoisotopic (exact) mass is 377 g/mol. The van der Waals surface area contributed by atoms with E-state index in [9.17, 15) is 14.0 Å². The van der Waals surface area contributed by atoms with E-state index in [1.807, 2.05) is 20.8 Å². The molecular weight excluding hydrogens is 349 g/mol. The highest BCUT2D eigenvalue weighted by molar-refractivity contribution is 5.77. The maximum atomic E-state index is 13.6. The number of carbonyl (C=O) groups excluding carboxylic acids is 2. The Bertz CT molecular complexity index is 714. The highest BCUT2D eigenvalue weighted by Crippen LogP contribution is 2.59. The molecule has 1 aromatic rings. The molecule has 0 bridgehead atoms. The lowest BCUT2D eigenvalue weighted by Crippen LogP contribution is -2.44. The van der Waals surface area contributed by atoms with Crippen molar-refractivity contribution in [1.29, 1.82) is 0 Å². The molecule has 2 aliphatic rings. The van der Waals surface area contributed by atoms with Crippen molar-refractivity contribution < 1.29 is 23.5 Å². The Morgan fingerprint density at radius 2 is 2.00 bits per heavy atom. The summed E-state index contributed by atoms with van der Waals surface area (Å²) in [7, 11) is 0. The van der Waals surface area contributed by atoms with Gasteiger partial charge in [-0.1, -0.05) is 12.1 Å². The maximum absolute atomic E-state index is 13.6. The van der Waals surface area contributed by atoms with E-state index in [0.29, 0.717) is 12.2 Å². The van der Waals surface area contributed by atoms with Crippen LogP contribution in [-0.2, 0) is 20.8 Å². The molecule has 4 atom stereocenters. The van der Waals surface area contributed by atoms with Gasteiger partial charge in [0.25, 0.3) is 0 Å². The summed E-state index contributed by atoms with van der Waals surface area (Å²) in [4.78, 5) is 26.7. The lowest BCUT2D eigenvalue weighted by Gasteiger charge is -2.33. The lowest BCUT2D eigenvalue weighted by molar-refractivity contribution is -0.145. The fraction of sp³-hybridized carbons (Fsp3) is 0.619. The number of nitrogens with zero attached hydrogens (tertiary/aromatic N) is 1. The Hall–Kier alpha value is -2.11. The van der Waals surface area contributed by atoms with Gasteiger partial charge in [-0.05, 0) is 70.1 Å². The number of hydrogen-bond donors (Lipinski definition) is 0. The molecule has 0 radical (unpaired) electrons. The first-order valence-electron chi connectivity index (χ1n) is 9.62. The molecule has 2 fully saturated rings. The fourth-order valence-electron chi connectivity index (χ4n) is 4.26. The van der Waals surface area contributed by atoms with Gasteiger partial charge in [0, 0.05) is 12.6 Å². The van der Waals surface area contributed by atoms with E-state index in [0.717, 1.165) is 12.8 Å². The van der Waals surface area contributed by atoms with Crippen LogP contribution < -0.4 is 0 Å². The molecule has 3 rings (SSSR count). The zero-order valence-corrected chi connectivity index (χ0v) is 16.4. The van der Waals surface area contributed by atoms with Crippen molar-refractivity contribution in [2.45, 2.75) is 58.7 Å². The van der Waals surface area contributed by atoms with Gasteiger partial charge >= 0.3 is 12.1 Å². The van der Waals surface area contributed by atoms with Crippen LogP contribution in [0.3, 0.4) is 0 Å². The first kappa shape index (κ1) is 19.6. The van der Waals surface area contributed by atoms with Crippen molar-refractivity contribution in [3.05, 3.63) is 35.6 Å². The Balaban J connectivity index is 1.79. The second-order valence-corrected chi connectivity index (χ2v) is 8.40. The van der Waals surface area contributed by atoms with Crippen molar-refractivity contribution in [3.8, 4) is 0 Å². The second kappa shape index (κ2) is 7.49. The van der Waals surface area contributed by atoms with Gasteiger partial charge < -0.3 is 14.4 Å². The number of rotatable bonds is 5. The maximum Gasteiger partial charge on any atom is 0.410 e. The molecule has 0 N–H and O–H groups in total. The van der Waals surface area contributed by atoms with Crippen molar-refractivity contribution in [1.82, 2.24) is 4.90 Å². The molecule has 27 heavy (non-hydrogen) atoms. The molecule has 0 aromatic heterocycles. The predicted molar refractivity (Wildman–Crippen MR) is 98.3 cm³/mol. The Kier molecular flexibility index (Phi) is 5.45. The zero-order valence-electron chi connectivity index (χ0n) is 16.4. The smallest absolute Gasteiger partial charge is 0.410 e. The first-order chi connectivity index (χ1) is 12.7. The summed E-state index contributed by atoms with van der Waals surface area (Å²) in [6, 6.07) is 6.14. The van der Waals surface area contributed by atoms with Crippen LogP contribution in [-0.4, -0.2) is 35.2 Å². The standard InChI is InChI=1S/C21H28FNO4/c1-5-26-19(24)18-15-9-10-16(17(15)18)23(20(25)27-21(2,3)4)12-13-7-6-8-14(22)11-13/h6-8,11,15-18H,5,9-10,12H2,1-4H3/t15-,16+,17-,18+/m1/s1. The van der Waals surface area contributed by atoms with Crippen LogP contribution in [0.2, 0.25) is 0 Å². The number of amides is 1. The van der Waals surface area contributed by atoms with Gasteiger partial charge in [0.05, 0.1) is 12.5 Å². The molecule has 2 saturated carbocycles. The average molecular weight is 377 g/mol. The normalized spacial score (nSPS) is 26.3. The van der Waals surface area contributed by atoms with Gasteiger partial charge in [-0.2, -0.15) is 0 Å². The molecule has 0 saturated heterocycles. The predicted octanol–water partition coefficient (Wildman–Crippen LogP) is 4.15. The van der Waals surface area contributed by atoms with E-state index >= 15 is 0 Å². The minimum absolute atomic E-state index is 0.0949. The number of benzene rings is 1. The molecule has 5 nitrogen and oxygen atoms in total. The minimum Gasteiger partial charge on any atom is -0.466 e. The summed E-state index contributed by atoms with van der Waals surface area (Å²) >= 11 is 0. The molecule has 148 valence electrons. The number of halogens is 1. The summed E-state index contributed by atoms with van der Waals surface area (Å²) in [5.74, 6) is -0.276. The fourth-order valence-corrected chi connectivity index (χ4v) is 4.26. The molecule has 0 heterocycles. The molecule has 0 aliphatic heterocycles. The third kappa shape index (κ3) is 4.42. The van der Waals surface area contributed by atoms with E-state index < -0.39 is 11.7 Å². The quantitative estimate of drug-likeness (QED) is 0.724. The van der Waals surface area contributed by atoms with Crippen molar-refractivity contribution >= 4 is 12.1 Å². The van der Waals surface area contributed by atoms with E-state index in [-0.39, 0.29) is 42.1 Å². The molecule has 6 heteroatoms. The number of ether oxygens (including phenoxy) is 2. The number of esters is 1. The van der Waals surface area contributed by atoms with Crippen LogP contribution >= 0.6 is 0 Å². The first-order valence-corrected chi connectivity index (χ1v) is 9.62. The highest BCUT2D eigenvalue weighted by atomic mass is 19.1. The van der Waals surface area contributed by atoms with Crippen LogP contribution in [0, 0.1) is 23.6 Å². The molecular formula is C21H28FNO4. The SMILES string of the molecule is CCOC(=O)[C@H]1[C@@H]2CC[C@H](N(Cc3cccc(F)c3)C(=O)OC(C)(C)C)[C@@H]21. The Morgan fingerprint density at radius 1 is 1.26 bits per heavy atom. The number of hydrogen-bond acceptors (Lipinski definition) is 4. The van der Waals surface area contributed by atoms with Gasteiger partial charge in [-0.3, -0.25) is 4.79 Å². The van der Waals surface area contributed by atoms with Crippen LogP contribution in [0.5, 0.6) is 0 Å². The summed E-state index contributed by atoms with van der Waals surface area (Å²) in [5, 5.41) is 0. The van der Waals surface area contributed by atoms with Gasteiger partial charge in [-0.15, -0.1) is 0 Å². The lowest BCUT2D eigenvalue weighted by atomic mass is 10.0. The van der Waals surface area contributed by atoms with E-state index in [2.05, 4.69) is 0 Å². The van der Waals surface area contributed by atoms with Crippen LogP contribution in [0.4, 0.5) is 9.18 Å². The molecule has 0 unspecified atom stereocenters. The van der Waals surface area contributed by atoms with E-state index in [4.69, 9.17) is 9.47 Å². The Morgan fingerprint density at radius 3 is 2.63 bits per heavy atom. The zero-order chi connectivity index (χ0) is 19.8. The van der Waals surface area contributed by atoms with Crippen molar-refractivity contribution in [3.63, 3.8) is 0 Å². The van der Waals surface area contributed by atoms with Crippen molar-refractivity contribution in [2.24, 2.45) is 17.8 Å². The summed E-state index contributed by atoms with van der Waals surface area (Å²) in [6.07, 6.45) is 1.29. The summed E-state index contributed by atoms with van der Waals surface area (Å²) in [5.41, 5.74) is 0.0805. The van der Waals surface area contributed by atoms with Crippen LogP contribution in [0.25, 0.3) is 0 Å². The molecule has 0 spiro atoms. The molecule has 1 amide bonds. The minimum atomic E-state index is -0.626. The van der Waals surface area contributed by atoms with Crippen LogP contribution in [0.15, 0.2) is 24.3 Å². The third-order valence-electron chi connectivity index (χ3n) is 5.30. The number of carbonyl (C=O) groups is 2. The van der Waals surface area contributed by atoms with Gasteiger partial charge in [-0.25, -0.2) is 9.18 Å². The van der Waals surface area contributed by atoms with Crippen molar-refractivity contribution in [2.75, 3.05) is 6.61 Å². The molecule has 1 aromatic carbocycles. The summed E-state index contributed by atoms with van der Waals surface area (Å²) < 4.78 is 24.4. The summed E-state index contributed by atoms with van der Waals surface area (Å²) in [6.45, 7) is 7.88. The van der Waals surface area contributed by atoms with Crippen LogP contribution in [0.1, 0.15) is 46.1 Å². The van der Waals surface area contributed by atoms with Gasteiger partial charge in [0.15, 0.2) is 0 Å². The van der Waals surface area contributed by atoms with E-state index in [1.165, 1.54) is 12.1 Å². The third-order valence-corrected chi connectivity index (χ3v) is 5.30.